The van der Waals surface area contributed by atoms with Gasteiger partial charge in [0.1, 0.15) is 6.56 Å². The number of hydrogen-bond donors (Lipinski definition) is 1. The van der Waals surface area contributed by atoms with Gasteiger partial charge in [-0.15, -0.1) is 5.92 Å². The molecule has 0 aromatic carbocycles. The van der Waals surface area contributed by atoms with Gasteiger partial charge < -0.3 is 5.11 Å². The Bertz CT molecular complexity index is 115. The highest BCUT2D eigenvalue weighted by atomic mass is 16.2. The number of hydrogen-bond acceptors (Lipinski definition) is 1. The van der Waals surface area contributed by atoms with Gasteiger partial charge in [0.15, 0.2) is 0 Å². The summed E-state index contributed by atoms with van der Waals surface area (Å²) < 4.78 is 13.0. The third kappa shape index (κ3) is 3.52. The summed E-state index contributed by atoms with van der Waals surface area (Å²) in [5.74, 6) is 4.42. The molecule has 1 N–H and O–H groups in total. The molecule has 0 fully saturated rings. The Kier molecular flexibility index (Phi) is 2.00. The van der Waals surface area contributed by atoms with Gasteiger partial charge >= 0.3 is 0 Å². The summed E-state index contributed by atoms with van der Waals surface area (Å²) in [6.07, 6.45) is 0.570. The van der Waals surface area contributed by atoms with E-state index in [0.29, 0.717) is 6.42 Å². The summed E-state index contributed by atoms with van der Waals surface area (Å²) in [6, 6.07) is 0. The largest absolute Gasteiger partial charge is 0.384 e. The SMILES string of the molecule is [2H]C([2H])(O)C#CCC. The Hall–Kier alpha value is -0.480. The lowest BCUT2D eigenvalue weighted by Gasteiger charge is -1.66. The van der Waals surface area contributed by atoms with Gasteiger partial charge in [0.25, 0.3) is 0 Å². The van der Waals surface area contributed by atoms with E-state index in [1.54, 1.807) is 6.92 Å². The van der Waals surface area contributed by atoms with E-state index in [1.807, 2.05) is 5.92 Å². The van der Waals surface area contributed by atoms with Gasteiger partial charge in [0.05, 0.1) is 2.74 Å². The first-order valence-corrected chi connectivity index (χ1v) is 1.78. The van der Waals surface area contributed by atoms with Crippen LogP contribution in [0.1, 0.15) is 16.1 Å². The molecule has 1 heteroatoms. The average Bonchev–Trinajstić information content (AvgIpc) is 1.59. The molecule has 0 aliphatic rings. The summed E-state index contributed by atoms with van der Waals surface area (Å²) in [5, 5.41) is 8.31. The highest BCUT2D eigenvalue weighted by molar-refractivity contribution is 4.96. The predicted molar refractivity (Wildman–Crippen MR) is 25.2 cm³/mol. The zero-order valence-corrected chi connectivity index (χ0v) is 3.65. The zero-order chi connectivity index (χ0) is 6.62. The molecule has 0 aromatic heterocycles. The van der Waals surface area contributed by atoms with E-state index in [2.05, 4.69) is 5.92 Å². The van der Waals surface area contributed by atoms with Crippen LogP contribution in [0.25, 0.3) is 0 Å². The summed E-state index contributed by atoms with van der Waals surface area (Å²) in [5.41, 5.74) is 0. The molecule has 0 aliphatic carbocycles. The summed E-state index contributed by atoms with van der Waals surface area (Å²) in [6.45, 7) is -0.519. The standard InChI is InChI=1S/C5H8O/c1-2-3-4-5-6/h6H,2,5H2,1H3/i5D2. The van der Waals surface area contributed by atoms with Gasteiger partial charge in [-0.3, -0.25) is 0 Å². The van der Waals surface area contributed by atoms with Crippen molar-refractivity contribution in [2.24, 2.45) is 0 Å². The molecule has 0 unspecified atom stereocenters. The maximum atomic E-state index is 8.31. The van der Waals surface area contributed by atoms with Crippen LogP contribution < -0.4 is 0 Å². The molecule has 0 amide bonds. The van der Waals surface area contributed by atoms with E-state index < -0.39 is 6.56 Å². The van der Waals surface area contributed by atoms with E-state index in [9.17, 15) is 0 Å². The van der Waals surface area contributed by atoms with Gasteiger partial charge in [-0.25, -0.2) is 0 Å². The van der Waals surface area contributed by atoms with Crippen molar-refractivity contribution in [3.05, 3.63) is 0 Å². The van der Waals surface area contributed by atoms with Crippen LogP contribution in [0, 0.1) is 11.8 Å². The van der Waals surface area contributed by atoms with Crippen molar-refractivity contribution < 1.29 is 7.85 Å². The van der Waals surface area contributed by atoms with Crippen molar-refractivity contribution in [3.63, 3.8) is 0 Å². The first-order valence-electron chi connectivity index (χ1n) is 2.78. The lowest BCUT2D eigenvalue weighted by Crippen LogP contribution is -1.68. The quantitative estimate of drug-likeness (QED) is 0.423. The maximum Gasteiger partial charge on any atom is 0.104 e. The van der Waals surface area contributed by atoms with Gasteiger partial charge in [0.2, 0.25) is 0 Å². The van der Waals surface area contributed by atoms with Crippen LogP contribution in [0.4, 0.5) is 0 Å². The molecule has 0 aliphatic heterocycles. The Morgan fingerprint density at radius 2 is 2.50 bits per heavy atom. The molecule has 0 aromatic rings. The highest BCUT2D eigenvalue weighted by Crippen LogP contribution is 1.63. The normalized spacial score (nSPS) is 13.7. The lowest BCUT2D eigenvalue weighted by molar-refractivity contribution is 0.350. The first kappa shape index (κ1) is 2.65. The lowest BCUT2D eigenvalue weighted by atomic mass is 10.5. The zero-order valence-electron chi connectivity index (χ0n) is 5.65. The van der Waals surface area contributed by atoms with Crippen molar-refractivity contribution >= 4 is 0 Å². The monoisotopic (exact) mass is 86.1 g/mol. The van der Waals surface area contributed by atoms with Crippen molar-refractivity contribution in [3.8, 4) is 11.8 Å². The molecule has 1 nitrogen and oxygen atoms in total. The summed E-state index contributed by atoms with van der Waals surface area (Å²) >= 11 is 0. The maximum absolute atomic E-state index is 8.31. The van der Waals surface area contributed by atoms with Crippen LogP contribution >= 0.6 is 0 Å². The van der Waals surface area contributed by atoms with Crippen molar-refractivity contribution in [2.45, 2.75) is 13.3 Å². The molecule has 0 saturated heterocycles. The second kappa shape index (κ2) is 4.52. The minimum atomic E-state index is -2.31. The topological polar surface area (TPSA) is 20.2 Å². The van der Waals surface area contributed by atoms with E-state index in [1.165, 1.54) is 0 Å². The van der Waals surface area contributed by atoms with Crippen molar-refractivity contribution in [1.29, 1.82) is 0 Å². The van der Waals surface area contributed by atoms with Crippen LogP contribution in [-0.2, 0) is 0 Å². The van der Waals surface area contributed by atoms with Crippen LogP contribution in [0.2, 0.25) is 0 Å². The minimum absolute atomic E-state index is 0.570. The Morgan fingerprint density at radius 1 is 1.83 bits per heavy atom. The van der Waals surface area contributed by atoms with Gasteiger partial charge in [-0.05, 0) is 0 Å². The fraction of sp³-hybridized carbons (Fsp3) is 0.600. The molecule has 0 spiro atoms. The second-order valence-electron chi connectivity index (χ2n) is 0.767. The molecular weight excluding hydrogens is 76.1 g/mol. The van der Waals surface area contributed by atoms with Crippen LogP contribution in [0.5, 0.6) is 0 Å². The average molecular weight is 86.1 g/mol. The Balaban J connectivity index is 3.69. The predicted octanol–water partition coefficient (Wildman–Crippen LogP) is 0.392. The molecule has 6 heavy (non-hydrogen) atoms. The van der Waals surface area contributed by atoms with Crippen LogP contribution in [0.3, 0.4) is 0 Å². The fourth-order valence-electron chi connectivity index (χ4n) is 0.128. The molecule has 0 heterocycles. The first-order chi connectivity index (χ1) is 3.56. The smallest absolute Gasteiger partial charge is 0.104 e. The van der Waals surface area contributed by atoms with Crippen molar-refractivity contribution in [2.75, 3.05) is 6.56 Å². The molecule has 0 radical (unpaired) electrons. The van der Waals surface area contributed by atoms with Crippen LogP contribution in [0.15, 0.2) is 0 Å². The minimum Gasteiger partial charge on any atom is -0.384 e. The summed E-state index contributed by atoms with van der Waals surface area (Å²) in [4.78, 5) is 0. The fourth-order valence-corrected chi connectivity index (χ4v) is 0.128. The third-order valence-electron chi connectivity index (χ3n) is 0.321. The molecular formula is C5H8O. The Morgan fingerprint density at radius 3 is 2.67 bits per heavy atom. The van der Waals surface area contributed by atoms with Crippen LogP contribution in [-0.4, -0.2) is 11.7 Å². The van der Waals surface area contributed by atoms with E-state index in [0.717, 1.165) is 0 Å². The third-order valence-corrected chi connectivity index (χ3v) is 0.321. The van der Waals surface area contributed by atoms with Gasteiger partial charge in [-0.1, -0.05) is 12.8 Å². The Labute approximate surface area is 40.8 Å². The van der Waals surface area contributed by atoms with E-state index in [4.69, 9.17) is 7.85 Å². The number of rotatable bonds is 0. The van der Waals surface area contributed by atoms with Gasteiger partial charge in [0, 0.05) is 6.42 Å². The van der Waals surface area contributed by atoms with E-state index >= 15 is 0 Å². The molecule has 0 saturated carbocycles. The second-order valence-corrected chi connectivity index (χ2v) is 0.767. The number of aliphatic hydroxyl groups is 1. The highest BCUT2D eigenvalue weighted by Gasteiger charge is 1.56. The van der Waals surface area contributed by atoms with E-state index in [-0.39, 0.29) is 0 Å². The molecule has 0 bridgehead atoms. The molecule has 0 rings (SSSR count). The van der Waals surface area contributed by atoms with Gasteiger partial charge in [-0.2, -0.15) is 0 Å². The summed E-state index contributed by atoms with van der Waals surface area (Å²) in [7, 11) is 0. The molecule has 0 atom stereocenters. The van der Waals surface area contributed by atoms with Crippen molar-refractivity contribution in [1.82, 2.24) is 0 Å². The molecule has 34 valence electrons.